The van der Waals surface area contributed by atoms with Crippen LogP contribution in [0, 0.1) is 0 Å². The van der Waals surface area contributed by atoms with Crippen LogP contribution in [0.1, 0.15) is 36.8 Å². The van der Waals surface area contributed by atoms with Gasteiger partial charge in [-0.3, -0.25) is 8.42 Å². The lowest BCUT2D eigenvalue weighted by Crippen LogP contribution is -2.64. The summed E-state index contributed by atoms with van der Waals surface area (Å²) in [6.45, 7) is 0. The van der Waals surface area contributed by atoms with Gasteiger partial charge in [0.25, 0.3) is 0 Å². The van der Waals surface area contributed by atoms with Crippen molar-refractivity contribution in [2.45, 2.75) is 49.6 Å². The topological polar surface area (TPSA) is 136 Å². The van der Waals surface area contributed by atoms with Crippen LogP contribution in [0.25, 0.3) is 0 Å². The van der Waals surface area contributed by atoms with Crippen molar-refractivity contribution < 1.29 is 29.0 Å². The van der Waals surface area contributed by atoms with E-state index >= 15 is 0 Å². The van der Waals surface area contributed by atoms with Gasteiger partial charge < -0.3 is 20.6 Å². The molecule has 0 atom stereocenters. The molecule has 4 rings (SSSR count). The van der Waals surface area contributed by atoms with Crippen molar-refractivity contribution in [3.63, 3.8) is 0 Å². The largest absolute Gasteiger partial charge is 0.759 e. The summed E-state index contributed by atoms with van der Waals surface area (Å²) < 4.78 is 34.1. The second-order valence-corrected chi connectivity index (χ2v) is 8.55. The van der Waals surface area contributed by atoms with Crippen molar-refractivity contribution in [3.8, 4) is 0 Å². The summed E-state index contributed by atoms with van der Waals surface area (Å²) in [5.74, 6) is 0. The molecule has 2 aliphatic carbocycles. The predicted octanol–water partition coefficient (Wildman–Crippen LogP) is 0.669. The third kappa shape index (κ3) is 10.2. The van der Waals surface area contributed by atoms with E-state index in [1.165, 1.54) is 36.8 Å². The Morgan fingerprint density at radius 1 is 0.704 bits per heavy atom. The summed E-state index contributed by atoms with van der Waals surface area (Å²) >= 11 is 0. The smallest absolute Gasteiger partial charge is 0.0991 e. The van der Waals surface area contributed by atoms with Crippen molar-refractivity contribution >= 4 is 10.4 Å². The van der Waals surface area contributed by atoms with E-state index in [1.807, 2.05) is 0 Å². The maximum absolute atomic E-state index is 8.52. The van der Waals surface area contributed by atoms with Gasteiger partial charge in [-0.25, -0.2) is 0 Å². The Kier molecular flexibility index (Phi) is 7.13. The van der Waals surface area contributed by atoms with E-state index in [2.05, 4.69) is 72.1 Å². The van der Waals surface area contributed by atoms with Crippen LogP contribution in [-0.4, -0.2) is 28.6 Å². The molecule has 2 aromatic rings. The lowest BCUT2D eigenvalue weighted by molar-refractivity contribution is -0.438. The first-order chi connectivity index (χ1) is 12.6. The third-order valence-electron chi connectivity index (χ3n) is 4.76. The van der Waals surface area contributed by atoms with Crippen LogP contribution in [-0.2, 0) is 23.2 Å². The van der Waals surface area contributed by atoms with Gasteiger partial charge in [0.1, 0.15) is 0 Å². The van der Waals surface area contributed by atoms with Crippen LogP contribution >= 0.6 is 0 Å². The zero-order chi connectivity index (χ0) is 20.0. The van der Waals surface area contributed by atoms with E-state index in [9.17, 15) is 0 Å². The maximum atomic E-state index is 8.52. The Balaban J connectivity index is 0.000000157. The first-order valence-electron chi connectivity index (χ1n) is 9.02. The SMILES string of the molecule is O=S(=O)([O-])[O-].[NH3+]C1(Cc2ccccc2)CC1.[NH3+]C1(Cc2ccccc2)CC1. The van der Waals surface area contributed by atoms with Gasteiger partial charge in [-0.1, -0.05) is 60.7 Å². The average molecular weight is 393 g/mol. The Bertz CT molecular complexity index is 739. The minimum absolute atomic E-state index is 0.404. The molecule has 27 heavy (non-hydrogen) atoms. The van der Waals surface area contributed by atoms with E-state index in [4.69, 9.17) is 17.5 Å². The minimum atomic E-state index is -5.17. The summed E-state index contributed by atoms with van der Waals surface area (Å²) in [5.41, 5.74) is 12.0. The molecular weight excluding hydrogens is 364 g/mol. The molecule has 2 aromatic carbocycles. The number of hydrogen-bond acceptors (Lipinski definition) is 4. The highest BCUT2D eigenvalue weighted by Crippen LogP contribution is 2.33. The van der Waals surface area contributed by atoms with E-state index in [0.29, 0.717) is 11.1 Å². The fraction of sp³-hybridized carbons (Fsp3) is 0.400. The molecule has 6 N–H and O–H groups in total. The zero-order valence-electron chi connectivity index (χ0n) is 15.5. The predicted molar refractivity (Wildman–Crippen MR) is 100 cm³/mol. The molecule has 7 heteroatoms. The normalized spacial score (nSPS) is 18.2. The van der Waals surface area contributed by atoms with Crippen LogP contribution < -0.4 is 11.5 Å². The summed E-state index contributed by atoms with van der Waals surface area (Å²) in [6.07, 6.45) is 7.55. The first kappa shape index (κ1) is 21.5. The molecule has 2 saturated carbocycles. The standard InChI is InChI=1S/2C10H13N.H2O4S/c2*11-10(6-7-10)8-9-4-2-1-3-5-9;1-5(2,3)4/h2*1-5H,6-8,11H2;(H2,1,2,3,4). The molecule has 0 aromatic heterocycles. The number of benzene rings is 2. The lowest BCUT2D eigenvalue weighted by Gasteiger charge is -2.06. The molecule has 2 fully saturated rings. The molecular formula is C20H28N2O4S. The van der Waals surface area contributed by atoms with Gasteiger partial charge >= 0.3 is 0 Å². The van der Waals surface area contributed by atoms with Crippen molar-refractivity contribution in [2.24, 2.45) is 0 Å². The van der Waals surface area contributed by atoms with Gasteiger partial charge in [-0.2, -0.15) is 0 Å². The molecule has 2 aliphatic rings. The van der Waals surface area contributed by atoms with Gasteiger partial charge in [0.2, 0.25) is 0 Å². The average Bonchev–Trinajstić information content (AvgIpc) is 3.49. The first-order valence-corrected chi connectivity index (χ1v) is 10.4. The Morgan fingerprint density at radius 3 is 1.19 bits per heavy atom. The van der Waals surface area contributed by atoms with Crippen molar-refractivity contribution in [3.05, 3.63) is 71.8 Å². The fourth-order valence-electron chi connectivity index (χ4n) is 2.76. The number of hydrogen-bond donors (Lipinski definition) is 2. The minimum Gasteiger partial charge on any atom is -0.759 e. The van der Waals surface area contributed by atoms with Crippen LogP contribution in [0.5, 0.6) is 0 Å². The fourth-order valence-corrected chi connectivity index (χ4v) is 2.76. The molecule has 0 saturated heterocycles. The van der Waals surface area contributed by atoms with Gasteiger partial charge in [0, 0.05) is 48.9 Å². The van der Waals surface area contributed by atoms with Crippen LogP contribution in [0.2, 0.25) is 0 Å². The Morgan fingerprint density at radius 2 is 0.963 bits per heavy atom. The highest BCUT2D eigenvalue weighted by molar-refractivity contribution is 7.79. The zero-order valence-corrected chi connectivity index (χ0v) is 16.3. The molecule has 0 heterocycles. The Labute approximate surface area is 161 Å². The Hall–Kier alpha value is -1.77. The van der Waals surface area contributed by atoms with E-state index < -0.39 is 10.4 Å². The molecule has 0 unspecified atom stereocenters. The van der Waals surface area contributed by atoms with E-state index in [-0.39, 0.29) is 0 Å². The molecule has 0 aliphatic heterocycles. The van der Waals surface area contributed by atoms with Crippen LogP contribution in [0.4, 0.5) is 0 Å². The summed E-state index contributed by atoms with van der Waals surface area (Å²) in [4.78, 5) is 0. The molecule has 0 amide bonds. The van der Waals surface area contributed by atoms with Crippen molar-refractivity contribution in [1.82, 2.24) is 0 Å². The highest BCUT2D eigenvalue weighted by Gasteiger charge is 2.43. The molecule has 0 spiro atoms. The number of quaternary nitrogens is 2. The van der Waals surface area contributed by atoms with Crippen molar-refractivity contribution in [2.75, 3.05) is 0 Å². The second kappa shape index (κ2) is 8.95. The van der Waals surface area contributed by atoms with Crippen molar-refractivity contribution in [1.29, 1.82) is 0 Å². The summed E-state index contributed by atoms with van der Waals surface area (Å²) in [6, 6.07) is 21.3. The van der Waals surface area contributed by atoms with E-state index in [1.54, 1.807) is 0 Å². The van der Waals surface area contributed by atoms with Gasteiger partial charge in [0.05, 0.1) is 11.1 Å². The molecule has 148 valence electrons. The van der Waals surface area contributed by atoms with E-state index in [0.717, 1.165) is 12.8 Å². The summed E-state index contributed by atoms with van der Waals surface area (Å²) in [5, 5.41) is 0. The van der Waals surface area contributed by atoms with Crippen LogP contribution in [0.3, 0.4) is 0 Å². The molecule has 0 radical (unpaired) electrons. The van der Waals surface area contributed by atoms with Crippen LogP contribution in [0.15, 0.2) is 60.7 Å². The van der Waals surface area contributed by atoms with Gasteiger partial charge in [0.15, 0.2) is 0 Å². The molecule has 6 nitrogen and oxygen atoms in total. The summed E-state index contributed by atoms with van der Waals surface area (Å²) in [7, 11) is -5.17. The lowest BCUT2D eigenvalue weighted by atomic mass is 10.1. The maximum Gasteiger partial charge on any atom is 0.0991 e. The quantitative estimate of drug-likeness (QED) is 0.584. The monoisotopic (exact) mass is 392 g/mol. The van der Waals surface area contributed by atoms with Gasteiger partial charge in [-0.15, -0.1) is 0 Å². The van der Waals surface area contributed by atoms with Gasteiger partial charge in [-0.05, 0) is 11.1 Å². The molecule has 0 bridgehead atoms. The highest BCUT2D eigenvalue weighted by atomic mass is 32.3. The third-order valence-corrected chi connectivity index (χ3v) is 4.76. The number of rotatable bonds is 4. The second-order valence-electron chi connectivity index (χ2n) is 7.73.